The van der Waals surface area contributed by atoms with Gasteiger partial charge in [0.2, 0.25) is 0 Å². The number of hydrogen-bond donors (Lipinski definition) is 2. The summed E-state index contributed by atoms with van der Waals surface area (Å²) in [6.07, 6.45) is 0. The zero-order chi connectivity index (χ0) is 20.3. The standard InChI is InChI=1S/C21H23N3O4/c1-14(2)24(16-7-5-4-6-8-16)18(25)13-28-17-11-9-15(10-12-17)21(3)19(26)22-20(27)23-21/h4-12,14H,13H2,1-3H3,(H2,22,23,26,27)/t21-/m1/s1. The summed E-state index contributed by atoms with van der Waals surface area (Å²) >= 11 is 0. The lowest BCUT2D eigenvalue weighted by atomic mass is 9.92. The van der Waals surface area contributed by atoms with Gasteiger partial charge in [-0.05, 0) is 50.6 Å². The second kappa shape index (κ2) is 7.72. The van der Waals surface area contributed by atoms with Gasteiger partial charge >= 0.3 is 6.03 Å². The zero-order valence-electron chi connectivity index (χ0n) is 16.1. The van der Waals surface area contributed by atoms with E-state index < -0.39 is 17.5 Å². The van der Waals surface area contributed by atoms with Gasteiger partial charge in [-0.25, -0.2) is 4.79 Å². The fraction of sp³-hybridized carbons (Fsp3) is 0.286. The molecule has 2 aromatic carbocycles. The summed E-state index contributed by atoms with van der Waals surface area (Å²) in [5.74, 6) is -0.0568. The molecule has 2 N–H and O–H groups in total. The fourth-order valence-corrected chi connectivity index (χ4v) is 3.16. The van der Waals surface area contributed by atoms with Crippen LogP contribution < -0.4 is 20.3 Å². The van der Waals surface area contributed by atoms with Crippen LogP contribution >= 0.6 is 0 Å². The quantitative estimate of drug-likeness (QED) is 0.753. The van der Waals surface area contributed by atoms with Gasteiger partial charge in [-0.3, -0.25) is 14.9 Å². The summed E-state index contributed by atoms with van der Waals surface area (Å²) in [4.78, 5) is 37.8. The molecular weight excluding hydrogens is 358 g/mol. The number of para-hydroxylation sites is 1. The molecule has 146 valence electrons. The van der Waals surface area contributed by atoms with Crippen molar-refractivity contribution in [2.24, 2.45) is 0 Å². The van der Waals surface area contributed by atoms with Crippen molar-refractivity contribution >= 4 is 23.5 Å². The largest absolute Gasteiger partial charge is 0.484 e. The van der Waals surface area contributed by atoms with Crippen LogP contribution in [0.5, 0.6) is 5.75 Å². The molecule has 1 fully saturated rings. The number of amides is 4. The van der Waals surface area contributed by atoms with Gasteiger partial charge in [0, 0.05) is 11.7 Å². The lowest BCUT2D eigenvalue weighted by Crippen LogP contribution is -2.40. The third-order valence-electron chi connectivity index (χ3n) is 4.66. The second-order valence-corrected chi connectivity index (χ2v) is 7.04. The van der Waals surface area contributed by atoms with Crippen molar-refractivity contribution in [1.82, 2.24) is 10.6 Å². The topological polar surface area (TPSA) is 87.7 Å². The van der Waals surface area contributed by atoms with Gasteiger partial charge in [-0.2, -0.15) is 0 Å². The Balaban J connectivity index is 1.67. The predicted molar refractivity (Wildman–Crippen MR) is 105 cm³/mol. The molecule has 0 aliphatic carbocycles. The third-order valence-corrected chi connectivity index (χ3v) is 4.66. The van der Waals surface area contributed by atoms with Gasteiger partial charge in [0.25, 0.3) is 11.8 Å². The van der Waals surface area contributed by atoms with Crippen molar-refractivity contribution in [1.29, 1.82) is 0 Å². The summed E-state index contributed by atoms with van der Waals surface area (Å²) in [5.41, 5.74) is 0.327. The molecule has 0 saturated carbocycles. The molecule has 0 aromatic heterocycles. The molecule has 2 aromatic rings. The molecule has 7 heteroatoms. The summed E-state index contributed by atoms with van der Waals surface area (Å²) < 4.78 is 5.64. The minimum absolute atomic E-state index is 0.00897. The molecule has 3 rings (SSSR count). The number of imide groups is 1. The molecule has 0 bridgehead atoms. The van der Waals surface area contributed by atoms with Crippen LogP contribution in [0.25, 0.3) is 0 Å². The number of carbonyl (C=O) groups excluding carboxylic acids is 3. The van der Waals surface area contributed by atoms with Crippen LogP contribution in [-0.4, -0.2) is 30.5 Å². The molecule has 1 atom stereocenters. The van der Waals surface area contributed by atoms with Crippen LogP contribution in [0.4, 0.5) is 10.5 Å². The third kappa shape index (κ3) is 3.83. The van der Waals surface area contributed by atoms with Gasteiger partial charge < -0.3 is 15.0 Å². The van der Waals surface area contributed by atoms with Crippen LogP contribution in [-0.2, 0) is 15.1 Å². The molecule has 1 aliphatic heterocycles. The van der Waals surface area contributed by atoms with E-state index in [4.69, 9.17) is 4.74 Å². The number of urea groups is 1. The zero-order valence-corrected chi connectivity index (χ0v) is 16.1. The van der Waals surface area contributed by atoms with E-state index in [1.165, 1.54) is 0 Å². The van der Waals surface area contributed by atoms with Gasteiger partial charge in [0.1, 0.15) is 11.3 Å². The maximum atomic E-state index is 12.7. The summed E-state index contributed by atoms with van der Waals surface area (Å²) in [6.45, 7) is 5.41. The lowest BCUT2D eigenvalue weighted by molar-refractivity contribution is -0.123. The Morgan fingerprint density at radius 1 is 1.07 bits per heavy atom. The molecule has 28 heavy (non-hydrogen) atoms. The minimum Gasteiger partial charge on any atom is -0.484 e. The number of anilines is 1. The summed E-state index contributed by atoms with van der Waals surface area (Å²) in [7, 11) is 0. The van der Waals surface area contributed by atoms with Crippen LogP contribution in [0, 0.1) is 0 Å². The van der Waals surface area contributed by atoms with Crippen molar-refractivity contribution in [2.75, 3.05) is 11.5 Å². The highest BCUT2D eigenvalue weighted by atomic mass is 16.5. The van der Waals surface area contributed by atoms with Gasteiger partial charge in [-0.1, -0.05) is 30.3 Å². The molecule has 0 spiro atoms. The number of carbonyl (C=O) groups is 3. The Kier molecular flexibility index (Phi) is 5.35. The lowest BCUT2D eigenvalue weighted by Gasteiger charge is -2.27. The number of nitrogens with one attached hydrogen (secondary N) is 2. The number of hydrogen-bond acceptors (Lipinski definition) is 4. The number of nitrogens with zero attached hydrogens (tertiary/aromatic N) is 1. The Bertz CT molecular complexity index is 880. The van der Waals surface area contributed by atoms with Crippen LogP contribution in [0.15, 0.2) is 54.6 Å². The highest BCUT2D eigenvalue weighted by Gasteiger charge is 2.43. The Hall–Kier alpha value is -3.35. The van der Waals surface area contributed by atoms with Crippen molar-refractivity contribution < 1.29 is 19.1 Å². The van der Waals surface area contributed by atoms with E-state index in [0.29, 0.717) is 11.3 Å². The molecule has 0 radical (unpaired) electrons. The maximum Gasteiger partial charge on any atom is 0.322 e. The SMILES string of the molecule is CC(C)N(C(=O)COc1ccc([C@@]2(C)NC(=O)NC2=O)cc1)c1ccccc1. The van der Waals surface area contributed by atoms with Crippen molar-refractivity contribution in [3.8, 4) is 5.75 Å². The first-order valence-corrected chi connectivity index (χ1v) is 9.05. The monoisotopic (exact) mass is 381 g/mol. The Labute approximate surface area is 163 Å². The average molecular weight is 381 g/mol. The summed E-state index contributed by atoms with van der Waals surface area (Å²) in [5, 5.41) is 4.84. The van der Waals surface area contributed by atoms with E-state index in [9.17, 15) is 14.4 Å². The van der Waals surface area contributed by atoms with Crippen molar-refractivity contribution in [3.05, 3.63) is 60.2 Å². The van der Waals surface area contributed by atoms with E-state index in [0.717, 1.165) is 5.69 Å². The molecule has 4 amide bonds. The van der Waals surface area contributed by atoms with Crippen LogP contribution in [0.2, 0.25) is 0 Å². The van der Waals surface area contributed by atoms with Gasteiger partial charge in [-0.15, -0.1) is 0 Å². The molecule has 1 heterocycles. The molecule has 0 unspecified atom stereocenters. The number of ether oxygens (including phenoxy) is 1. The highest BCUT2D eigenvalue weighted by Crippen LogP contribution is 2.26. The van der Waals surface area contributed by atoms with Gasteiger partial charge in [0.15, 0.2) is 6.61 Å². The van der Waals surface area contributed by atoms with Crippen LogP contribution in [0.3, 0.4) is 0 Å². The van der Waals surface area contributed by atoms with E-state index in [2.05, 4.69) is 10.6 Å². The number of rotatable bonds is 6. The molecule has 7 nitrogen and oxygen atoms in total. The molecular formula is C21H23N3O4. The maximum absolute atomic E-state index is 12.7. The first-order valence-electron chi connectivity index (χ1n) is 9.05. The van der Waals surface area contributed by atoms with Crippen molar-refractivity contribution in [3.63, 3.8) is 0 Å². The average Bonchev–Trinajstić information content (AvgIpc) is 2.94. The summed E-state index contributed by atoms with van der Waals surface area (Å²) in [6, 6.07) is 15.7. The number of benzene rings is 2. The second-order valence-electron chi connectivity index (χ2n) is 7.04. The van der Waals surface area contributed by atoms with E-state index in [1.54, 1.807) is 36.1 Å². The van der Waals surface area contributed by atoms with E-state index in [-0.39, 0.29) is 18.6 Å². The molecule has 1 saturated heterocycles. The van der Waals surface area contributed by atoms with Gasteiger partial charge in [0.05, 0.1) is 0 Å². The Morgan fingerprint density at radius 3 is 2.25 bits per heavy atom. The normalized spacial score (nSPS) is 18.6. The van der Waals surface area contributed by atoms with E-state index >= 15 is 0 Å². The van der Waals surface area contributed by atoms with Crippen molar-refractivity contribution in [2.45, 2.75) is 32.4 Å². The highest BCUT2D eigenvalue weighted by molar-refractivity contribution is 6.07. The minimum atomic E-state index is -1.12. The predicted octanol–water partition coefficient (Wildman–Crippen LogP) is 2.56. The molecule has 1 aliphatic rings. The first-order chi connectivity index (χ1) is 13.3. The Morgan fingerprint density at radius 2 is 1.71 bits per heavy atom. The van der Waals surface area contributed by atoms with Crippen LogP contribution in [0.1, 0.15) is 26.3 Å². The van der Waals surface area contributed by atoms with E-state index in [1.807, 2.05) is 44.2 Å². The smallest absolute Gasteiger partial charge is 0.322 e. The first kappa shape index (κ1) is 19.4. The fourth-order valence-electron chi connectivity index (χ4n) is 3.16.